The topological polar surface area (TPSA) is 93.4 Å². The molecule has 0 radical (unpaired) electrons. The maximum absolute atomic E-state index is 12.0. The zero-order valence-electron chi connectivity index (χ0n) is 11.4. The van der Waals surface area contributed by atoms with Crippen LogP contribution in [0.5, 0.6) is 5.75 Å². The fraction of sp³-hybridized carbons (Fsp3) is 0.429. The molecule has 1 aromatic carbocycles. The summed E-state index contributed by atoms with van der Waals surface area (Å²) in [5.41, 5.74) is 6.55. The first-order valence-electron chi connectivity index (χ1n) is 6.61. The number of carbonyl (C=O) groups is 2. The van der Waals surface area contributed by atoms with E-state index in [1.165, 1.54) is 7.11 Å². The molecule has 0 aliphatic heterocycles. The van der Waals surface area contributed by atoms with E-state index < -0.39 is 0 Å². The molecule has 6 heteroatoms. The number of amides is 2. The molecular formula is C14H19N3O3. The van der Waals surface area contributed by atoms with Crippen LogP contribution in [0, 0.1) is 5.92 Å². The van der Waals surface area contributed by atoms with Gasteiger partial charge in [0.15, 0.2) is 0 Å². The van der Waals surface area contributed by atoms with Crippen LogP contribution in [0.1, 0.15) is 23.2 Å². The average molecular weight is 277 g/mol. The van der Waals surface area contributed by atoms with Crippen molar-refractivity contribution >= 4 is 17.5 Å². The highest BCUT2D eigenvalue weighted by Gasteiger charge is 2.29. The van der Waals surface area contributed by atoms with E-state index >= 15 is 0 Å². The maximum atomic E-state index is 12.0. The quantitative estimate of drug-likeness (QED) is 0.522. The summed E-state index contributed by atoms with van der Waals surface area (Å²) in [7, 11) is 1.50. The van der Waals surface area contributed by atoms with Gasteiger partial charge in [-0.15, -0.1) is 0 Å². The van der Waals surface area contributed by atoms with Gasteiger partial charge in [-0.25, -0.2) is 0 Å². The molecule has 2 amide bonds. The zero-order valence-corrected chi connectivity index (χ0v) is 11.4. The van der Waals surface area contributed by atoms with Crippen LogP contribution in [0.15, 0.2) is 18.2 Å². The van der Waals surface area contributed by atoms with Crippen molar-refractivity contribution in [3.8, 4) is 5.75 Å². The molecule has 20 heavy (non-hydrogen) atoms. The van der Waals surface area contributed by atoms with Crippen molar-refractivity contribution in [2.45, 2.75) is 12.8 Å². The average Bonchev–Trinajstić information content (AvgIpc) is 3.27. The first-order chi connectivity index (χ1) is 9.61. The van der Waals surface area contributed by atoms with Gasteiger partial charge in [-0.1, -0.05) is 0 Å². The van der Waals surface area contributed by atoms with Crippen molar-refractivity contribution in [2.24, 2.45) is 5.92 Å². The third-order valence-electron chi connectivity index (χ3n) is 3.13. The zero-order chi connectivity index (χ0) is 14.5. The Hall–Kier alpha value is -2.24. The lowest BCUT2D eigenvalue weighted by Crippen LogP contribution is -2.35. The van der Waals surface area contributed by atoms with Crippen molar-refractivity contribution in [2.75, 3.05) is 25.9 Å². The number of carbonyl (C=O) groups excluding carboxylic acids is 2. The Morgan fingerprint density at radius 1 is 1.30 bits per heavy atom. The largest absolute Gasteiger partial charge is 0.496 e. The third-order valence-corrected chi connectivity index (χ3v) is 3.13. The van der Waals surface area contributed by atoms with Crippen molar-refractivity contribution in [1.82, 2.24) is 10.6 Å². The summed E-state index contributed by atoms with van der Waals surface area (Å²) in [4.78, 5) is 23.4. The van der Waals surface area contributed by atoms with E-state index in [0.717, 1.165) is 12.8 Å². The minimum Gasteiger partial charge on any atom is -0.496 e. The lowest BCUT2D eigenvalue weighted by Gasteiger charge is -2.10. The van der Waals surface area contributed by atoms with Crippen LogP contribution >= 0.6 is 0 Å². The van der Waals surface area contributed by atoms with Gasteiger partial charge >= 0.3 is 0 Å². The van der Waals surface area contributed by atoms with Gasteiger partial charge in [0.25, 0.3) is 5.91 Å². The molecular weight excluding hydrogens is 258 g/mol. The SMILES string of the molecule is COc1ccc(N)cc1C(=O)NCCNC(=O)C1CC1. The second-order valence-corrected chi connectivity index (χ2v) is 4.78. The molecule has 0 aromatic heterocycles. The van der Waals surface area contributed by atoms with Gasteiger partial charge < -0.3 is 21.1 Å². The predicted molar refractivity (Wildman–Crippen MR) is 75.5 cm³/mol. The maximum Gasteiger partial charge on any atom is 0.255 e. The lowest BCUT2D eigenvalue weighted by molar-refractivity contribution is -0.122. The lowest BCUT2D eigenvalue weighted by atomic mass is 10.1. The van der Waals surface area contributed by atoms with E-state index in [-0.39, 0.29) is 17.7 Å². The van der Waals surface area contributed by atoms with Gasteiger partial charge in [0.05, 0.1) is 12.7 Å². The van der Waals surface area contributed by atoms with E-state index in [2.05, 4.69) is 10.6 Å². The smallest absolute Gasteiger partial charge is 0.255 e. The number of nitrogens with two attached hydrogens (primary N) is 1. The number of rotatable bonds is 6. The van der Waals surface area contributed by atoms with Gasteiger partial charge in [-0.2, -0.15) is 0 Å². The van der Waals surface area contributed by atoms with Crippen molar-refractivity contribution < 1.29 is 14.3 Å². The Bertz CT molecular complexity index is 512. The van der Waals surface area contributed by atoms with E-state index in [9.17, 15) is 9.59 Å². The first kappa shape index (κ1) is 14.2. The molecule has 1 fully saturated rings. The van der Waals surface area contributed by atoms with Crippen LogP contribution in [0.2, 0.25) is 0 Å². The number of hydrogen-bond acceptors (Lipinski definition) is 4. The van der Waals surface area contributed by atoms with E-state index in [4.69, 9.17) is 10.5 Å². The number of hydrogen-bond donors (Lipinski definition) is 3. The van der Waals surface area contributed by atoms with Crippen LogP contribution < -0.4 is 21.1 Å². The number of benzene rings is 1. The molecule has 0 saturated heterocycles. The highest BCUT2D eigenvalue weighted by atomic mass is 16.5. The molecule has 2 rings (SSSR count). The monoisotopic (exact) mass is 277 g/mol. The van der Waals surface area contributed by atoms with Crippen LogP contribution in [0.25, 0.3) is 0 Å². The van der Waals surface area contributed by atoms with Crippen molar-refractivity contribution in [3.63, 3.8) is 0 Å². The fourth-order valence-corrected chi connectivity index (χ4v) is 1.85. The molecule has 1 saturated carbocycles. The summed E-state index contributed by atoms with van der Waals surface area (Å²) in [6.07, 6.45) is 1.94. The fourth-order valence-electron chi connectivity index (χ4n) is 1.85. The van der Waals surface area contributed by atoms with Gasteiger partial charge in [-0.05, 0) is 31.0 Å². The summed E-state index contributed by atoms with van der Waals surface area (Å²) in [6, 6.07) is 4.89. The summed E-state index contributed by atoms with van der Waals surface area (Å²) in [5, 5.41) is 5.51. The molecule has 6 nitrogen and oxygen atoms in total. The Balaban J connectivity index is 1.81. The summed E-state index contributed by atoms with van der Waals surface area (Å²) < 4.78 is 5.12. The van der Waals surface area contributed by atoms with Crippen LogP contribution in [0.4, 0.5) is 5.69 Å². The predicted octanol–water partition coefficient (Wildman–Crippen LogP) is 0.533. The molecule has 1 aliphatic rings. The van der Waals surface area contributed by atoms with Crippen molar-refractivity contribution in [3.05, 3.63) is 23.8 Å². The molecule has 0 atom stereocenters. The minimum atomic E-state index is -0.269. The number of nitrogen functional groups attached to an aromatic ring is 1. The molecule has 4 N–H and O–H groups in total. The van der Waals surface area contributed by atoms with Gasteiger partial charge in [0.2, 0.25) is 5.91 Å². The minimum absolute atomic E-state index is 0.0702. The summed E-state index contributed by atoms with van der Waals surface area (Å²) in [5.74, 6) is 0.453. The second-order valence-electron chi connectivity index (χ2n) is 4.78. The van der Waals surface area contributed by atoms with Gasteiger partial charge in [0.1, 0.15) is 5.75 Å². The Morgan fingerprint density at radius 3 is 2.65 bits per heavy atom. The molecule has 0 bridgehead atoms. The van der Waals surface area contributed by atoms with E-state index in [1.54, 1.807) is 18.2 Å². The van der Waals surface area contributed by atoms with Crippen LogP contribution in [-0.2, 0) is 4.79 Å². The number of ether oxygens (including phenoxy) is 1. The molecule has 0 heterocycles. The van der Waals surface area contributed by atoms with Gasteiger partial charge in [-0.3, -0.25) is 9.59 Å². The highest BCUT2D eigenvalue weighted by Crippen LogP contribution is 2.28. The van der Waals surface area contributed by atoms with Gasteiger partial charge in [0, 0.05) is 24.7 Å². The number of anilines is 1. The Kier molecular flexibility index (Phi) is 4.45. The first-order valence-corrected chi connectivity index (χ1v) is 6.61. The molecule has 108 valence electrons. The molecule has 1 aromatic rings. The normalized spacial score (nSPS) is 13.7. The standard InChI is InChI=1S/C14H19N3O3/c1-20-12-5-4-10(15)8-11(12)14(19)17-7-6-16-13(18)9-2-3-9/h4-5,8-9H,2-3,6-7,15H2,1H3,(H,16,18)(H,17,19). The highest BCUT2D eigenvalue weighted by molar-refractivity contribution is 5.97. The molecule has 0 spiro atoms. The Morgan fingerprint density at radius 2 is 2.00 bits per heavy atom. The molecule has 1 aliphatic carbocycles. The van der Waals surface area contributed by atoms with Crippen LogP contribution in [-0.4, -0.2) is 32.0 Å². The second kappa shape index (κ2) is 6.27. The Labute approximate surface area is 117 Å². The van der Waals surface area contributed by atoms with Crippen LogP contribution in [0.3, 0.4) is 0 Å². The summed E-state index contributed by atoms with van der Waals surface area (Å²) >= 11 is 0. The number of methoxy groups -OCH3 is 1. The number of nitrogens with one attached hydrogen (secondary N) is 2. The van der Waals surface area contributed by atoms with E-state index in [0.29, 0.717) is 30.1 Å². The van der Waals surface area contributed by atoms with E-state index in [1.807, 2.05) is 0 Å². The van der Waals surface area contributed by atoms with Crippen molar-refractivity contribution in [1.29, 1.82) is 0 Å². The summed E-state index contributed by atoms with van der Waals surface area (Å²) in [6.45, 7) is 0.793. The third kappa shape index (κ3) is 3.63. The molecule has 0 unspecified atom stereocenters.